The van der Waals surface area contributed by atoms with Crippen molar-refractivity contribution in [2.45, 2.75) is 32.6 Å². The standard InChI is InChI=1S/C19H27N3O2/c1-13-7-8-15(10-16(13)17(23)22(2)3)21-18(24)19-9-5-4-6-14(19)11-20-12-19/h7-8,10,14,20H,4-6,9,11-12H2,1-3H3,(H,21,24)/t14-,19+/m0/s1. The zero-order valence-corrected chi connectivity index (χ0v) is 14.8. The number of rotatable bonds is 3. The zero-order chi connectivity index (χ0) is 17.3. The van der Waals surface area contributed by atoms with Gasteiger partial charge in [0.25, 0.3) is 5.91 Å². The molecule has 1 aromatic rings. The van der Waals surface area contributed by atoms with Gasteiger partial charge in [0.05, 0.1) is 5.41 Å². The number of carbonyl (C=O) groups excluding carboxylic acids is 2. The minimum Gasteiger partial charge on any atom is -0.345 e. The van der Waals surface area contributed by atoms with Crippen LogP contribution >= 0.6 is 0 Å². The van der Waals surface area contributed by atoms with Gasteiger partial charge in [-0.2, -0.15) is 0 Å². The first-order valence-electron chi connectivity index (χ1n) is 8.78. The van der Waals surface area contributed by atoms with E-state index in [0.29, 0.717) is 17.2 Å². The van der Waals surface area contributed by atoms with Gasteiger partial charge in [-0.1, -0.05) is 18.9 Å². The minimum atomic E-state index is -0.283. The van der Waals surface area contributed by atoms with Crippen molar-refractivity contribution in [2.24, 2.45) is 11.3 Å². The van der Waals surface area contributed by atoms with E-state index < -0.39 is 0 Å². The first-order valence-corrected chi connectivity index (χ1v) is 8.78. The molecular formula is C19H27N3O2. The van der Waals surface area contributed by atoms with E-state index in [1.165, 1.54) is 6.42 Å². The fourth-order valence-corrected chi connectivity index (χ4v) is 4.12. The molecule has 5 heteroatoms. The quantitative estimate of drug-likeness (QED) is 0.895. The van der Waals surface area contributed by atoms with Crippen molar-refractivity contribution in [1.29, 1.82) is 0 Å². The van der Waals surface area contributed by atoms with E-state index >= 15 is 0 Å². The van der Waals surface area contributed by atoms with E-state index in [1.54, 1.807) is 25.1 Å². The predicted molar refractivity (Wildman–Crippen MR) is 95.1 cm³/mol. The van der Waals surface area contributed by atoms with Crippen LogP contribution < -0.4 is 10.6 Å². The molecule has 1 aliphatic heterocycles. The monoisotopic (exact) mass is 329 g/mol. The van der Waals surface area contributed by atoms with Crippen molar-refractivity contribution < 1.29 is 9.59 Å². The number of aryl methyl sites for hydroxylation is 1. The molecule has 1 aliphatic carbocycles. The van der Waals surface area contributed by atoms with Crippen molar-refractivity contribution >= 4 is 17.5 Å². The Morgan fingerprint density at radius 1 is 1.29 bits per heavy atom. The number of hydrogen-bond donors (Lipinski definition) is 2. The molecule has 0 spiro atoms. The Morgan fingerprint density at radius 3 is 2.83 bits per heavy atom. The molecule has 3 rings (SSSR count). The Morgan fingerprint density at radius 2 is 2.08 bits per heavy atom. The lowest BCUT2D eigenvalue weighted by atomic mass is 9.67. The highest BCUT2D eigenvalue weighted by molar-refractivity contribution is 5.99. The number of hydrogen-bond acceptors (Lipinski definition) is 3. The summed E-state index contributed by atoms with van der Waals surface area (Å²) in [4.78, 5) is 26.9. The summed E-state index contributed by atoms with van der Waals surface area (Å²) in [6.07, 6.45) is 4.40. The summed E-state index contributed by atoms with van der Waals surface area (Å²) in [6.45, 7) is 3.61. The zero-order valence-electron chi connectivity index (χ0n) is 14.8. The van der Waals surface area contributed by atoms with Crippen molar-refractivity contribution in [3.8, 4) is 0 Å². The fourth-order valence-electron chi connectivity index (χ4n) is 4.12. The summed E-state index contributed by atoms with van der Waals surface area (Å²) >= 11 is 0. The van der Waals surface area contributed by atoms with E-state index in [0.717, 1.165) is 37.9 Å². The summed E-state index contributed by atoms with van der Waals surface area (Å²) in [5.41, 5.74) is 1.99. The normalized spacial score (nSPS) is 25.9. The maximum Gasteiger partial charge on any atom is 0.253 e. The van der Waals surface area contributed by atoms with Gasteiger partial charge in [-0.3, -0.25) is 9.59 Å². The number of benzene rings is 1. The summed E-state index contributed by atoms with van der Waals surface area (Å²) in [7, 11) is 3.48. The summed E-state index contributed by atoms with van der Waals surface area (Å²) in [6, 6.07) is 5.58. The summed E-state index contributed by atoms with van der Waals surface area (Å²) < 4.78 is 0. The van der Waals surface area contributed by atoms with Crippen LogP contribution in [0.2, 0.25) is 0 Å². The van der Waals surface area contributed by atoms with Crippen LogP contribution in [0, 0.1) is 18.3 Å². The Bertz CT molecular complexity index is 656. The largest absolute Gasteiger partial charge is 0.345 e. The number of nitrogens with one attached hydrogen (secondary N) is 2. The molecule has 1 saturated carbocycles. The number of carbonyl (C=O) groups is 2. The highest BCUT2D eigenvalue weighted by Crippen LogP contribution is 2.44. The number of amides is 2. The van der Waals surface area contributed by atoms with E-state index in [-0.39, 0.29) is 17.2 Å². The van der Waals surface area contributed by atoms with E-state index in [9.17, 15) is 9.59 Å². The van der Waals surface area contributed by atoms with E-state index in [1.807, 2.05) is 19.1 Å². The maximum atomic E-state index is 13.0. The molecule has 1 aromatic carbocycles. The lowest BCUT2D eigenvalue weighted by molar-refractivity contribution is -0.128. The molecule has 5 nitrogen and oxygen atoms in total. The fraction of sp³-hybridized carbons (Fsp3) is 0.579. The molecule has 0 radical (unpaired) electrons. The van der Waals surface area contributed by atoms with Gasteiger partial charge in [-0.25, -0.2) is 0 Å². The number of nitrogens with zero attached hydrogens (tertiary/aromatic N) is 1. The van der Waals surface area contributed by atoms with Crippen LogP contribution in [0.4, 0.5) is 5.69 Å². The summed E-state index contributed by atoms with van der Waals surface area (Å²) in [5.74, 6) is 0.490. The van der Waals surface area contributed by atoms with Crippen LogP contribution in [0.1, 0.15) is 41.6 Å². The van der Waals surface area contributed by atoms with Gasteiger partial charge in [0.2, 0.25) is 5.91 Å². The Balaban J connectivity index is 1.82. The highest BCUT2D eigenvalue weighted by atomic mass is 16.2. The van der Waals surface area contributed by atoms with Gasteiger partial charge < -0.3 is 15.5 Å². The molecule has 2 amide bonds. The lowest BCUT2D eigenvalue weighted by Gasteiger charge is -2.37. The Kier molecular flexibility index (Phi) is 4.63. The van der Waals surface area contributed by atoms with Crippen molar-refractivity contribution in [2.75, 3.05) is 32.5 Å². The Hall–Kier alpha value is -1.88. The molecule has 0 aromatic heterocycles. The second kappa shape index (κ2) is 6.55. The van der Waals surface area contributed by atoms with E-state index in [4.69, 9.17) is 0 Å². The van der Waals surface area contributed by atoms with Crippen LogP contribution in [0.3, 0.4) is 0 Å². The molecule has 0 bridgehead atoms. The van der Waals surface area contributed by atoms with Crippen LogP contribution in [0.25, 0.3) is 0 Å². The smallest absolute Gasteiger partial charge is 0.253 e. The van der Waals surface area contributed by atoms with Gasteiger partial charge in [0.1, 0.15) is 0 Å². The van der Waals surface area contributed by atoms with Crippen molar-refractivity contribution in [3.63, 3.8) is 0 Å². The molecule has 0 unspecified atom stereocenters. The average molecular weight is 329 g/mol. The average Bonchev–Trinajstić information content (AvgIpc) is 3.01. The molecular weight excluding hydrogens is 302 g/mol. The van der Waals surface area contributed by atoms with Gasteiger partial charge in [0.15, 0.2) is 0 Å². The first kappa shape index (κ1) is 17.0. The van der Waals surface area contributed by atoms with Gasteiger partial charge in [-0.15, -0.1) is 0 Å². The third kappa shape index (κ3) is 2.93. The molecule has 2 fully saturated rings. The Labute approximate surface area is 143 Å². The molecule has 130 valence electrons. The minimum absolute atomic E-state index is 0.0418. The molecule has 2 aliphatic rings. The number of anilines is 1. The second-order valence-electron chi connectivity index (χ2n) is 7.41. The van der Waals surface area contributed by atoms with Crippen molar-refractivity contribution in [1.82, 2.24) is 10.2 Å². The van der Waals surface area contributed by atoms with Gasteiger partial charge >= 0.3 is 0 Å². The van der Waals surface area contributed by atoms with Crippen LogP contribution in [-0.4, -0.2) is 43.9 Å². The van der Waals surface area contributed by atoms with Crippen LogP contribution in [-0.2, 0) is 4.79 Å². The topological polar surface area (TPSA) is 61.4 Å². The third-order valence-corrected chi connectivity index (χ3v) is 5.62. The molecule has 1 heterocycles. The van der Waals surface area contributed by atoms with Gasteiger partial charge in [-0.05, 0) is 49.9 Å². The molecule has 2 N–H and O–H groups in total. The SMILES string of the molecule is Cc1ccc(NC(=O)[C@@]23CCCC[C@H]2CNC3)cc1C(=O)N(C)C. The summed E-state index contributed by atoms with van der Waals surface area (Å²) in [5, 5.41) is 6.49. The predicted octanol–water partition coefficient (Wildman–Crippen LogP) is 2.42. The maximum absolute atomic E-state index is 13.0. The van der Waals surface area contributed by atoms with Gasteiger partial charge in [0, 0.05) is 31.9 Å². The van der Waals surface area contributed by atoms with Crippen LogP contribution in [0.5, 0.6) is 0 Å². The molecule has 1 saturated heterocycles. The second-order valence-corrected chi connectivity index (χ2v) is 7.41. The first-order chi connectivity index (χ1) is 11.4. The van der Waals surface area contributed by atoms with E-state index in [2.05, 4.69) is 10.6 Å². The third-order valence-electron chi connectivity index (χ3n) is 5.62. The lowest BCUT2D eigenvalue weighted by Crippen LogP contribution is -2.44. The molecule has 24 heavy (non-hydrogen) atoms. The molecule has 2 atom stereocenters. The highest BCUT2D eigenvalue weighted by Gasteiger charge is 2.49. The van der Waals surface area contributed by atoms with Crippen molar-refractivity contribution in [3.05, 3.63) is 29.3 Å². The number of fused-ring (bicyclic) bond motifs is 1. The van der Waals surface area contributed by atoms with Crippen LogP contribution in [0.15, 0.2) is 18.2 Å².